The van der Waals surface area contributed by atoms with Gasteiger partial charge < -0.3 is 25.2 Å². The molecule has 0 unspecified atom stereocenters. The summed E-state index contributed by atoms with van der Waals surface area (Å²) in [7, 11) is 0. The van der Waals surface area contributed by atoms with Crippen molar-refractivity contribution < 1.29 is 25.2 Å². The minimum absolute atomic E-state index is 0.335. The first kappa shape index (κ1) is 12.6. The van der Waals surface area contributed by atoms with E-state index in [1.54, 1.807) is 12.2 Å². The van der Waals surface area contributed by atoms with Crippen LogP contribution in [-0.2, 0) is 4.74 Å². The molecule has 1 aliphatic rings. The summed E-state index contributed by atoms with van der Waals surface area (Å²) in [4.78, 5) is 0. The Kier molecular flexibility index (Phi) is 5.21. The van der Waals surface area contributed by atoms with Crippen LogP contribution in [0.25, 0.3) is 0 Å². The Morgan fingerprint density at radius 1 is 0.933 bits per heavy atom. The zero-order valence-electron chi connectivity index (χ0n) is 8.49. The van der Waals surface area contributed by atoms with E-state index in [9.17, 15) is 10.2 Å². The number of aliphatic hydroxyl groups excluding tert-OH is 4. The van der Waals surface area contributed by atoms with Crippen molar-refractivity contribution in [3.63, 3.8) is 0 Å². The minimum Gasteiger partial charge on any atom is -0.394 e. The molecule has 0 radical (unpaired) electrons. The maximum absolute atomic E-state index is 9.60. The van der Waals surface area contributed by atoms with Crippen molar-refractivity contribution in [2.24, 2.45) is 0 Å². The molecule has 88 valence electrons. The summed E-state index contributed by atoms with van der Waals surface area (Å²) in [6.45, 7) is -0.670. The first-order valence-corrected chi connectivity index (χ1v) is 5.07. The van der Waals surface area contributed by atoms with E-state index in [0.29, 0.717) is 12.8 Å². The predicted molar refractivity (Wildman–Crippen MR) is 53.2 cm³/mol. The molecule has 0 bridgehead atoms. The molecule has 1 heterocycles. The number of aliphatic hydroxyl groups is 4. The number of hydrogen-bond donors (Lipinski definition) is 4. The highest BCUT2D eigenvalue weighted by Crippen LogP contribution is 2.14. The monoisotopic (exact) mass is 218 g/mol. The molecule has 0 fully saturated rings. The van der Waals surface area contributed by atoms with Crippen LogP contribution in [0.4, 0.5) is 0 Å². The number of rotatable bonds is 2. The standard InChI is InChI=1S/C10H18O5/c11-5-9-7(13)3-1-2-4-8(14)10(6-12)15-9/h1-2,7-14H,3-6H2/b2-1-/t7-,8-,9+,10+/m0/s1. The summed E-state index contributed by atoms with van der Waals surface area (Å²) < 4.78 is 5.25. The summed E-state index contributed by atoms with van der Waals surface area (Å²) in [6.07, 6.45) is 1.06. The van der Waals surface area contributed by atoms with E-state index < -0.39 is 24.4 Å². The van der Waals surface area contributed by atoms with Crippen LogP contribution >= 0.6 is 0 Å². The highest BCUT2D eigenvalue weighted by atomic mass is 16.5. The molecule has 1 aliphatic heterocycles. The smallest absolute Gasteiger partial charge is 0.107 e. The third-order valence-corrected chi connectivity index (χ3v) is 2.49. The Morgan fingerprint density at radius 3 is 1.67 bits per heavy atom. The molecule has 5 heteroatoms. The number of hydrogen-bond acceptors (Lipinski definition) is 5. The summed E-state index contributed by atoms with van der Waals surface area (Å²) in [5.74, 6) is 0. The molecule has 0 aliphatic carbocycles. The van der Waals surface area contributed by atoms with E-state index in [4.69, 9.17) is 14.9 Å². The maximum atomic E-state index is 9.60. The van der Waals surface area contributed by atoms with Crippen LogP contribution in [0.2, 0.25) is 0 Å². The van der Waals surface area contributed by atoms with Gasteiger partial charge in [-0.05, 0) is 12.8 Å². The van der Waals surface area contributed by atoms with E-state index in [1.807, 2.05) is 0 Å². The van der Waals surface area contributed by atoms with Gasteiger partial charge >= 0.3 is 0 Å². The summed E-state index contributed by atoms with van der Waals surface area (Å²) >= 11 is 0. The zero-order valence-corrected chi connectivity index (χ0v) is 8.49. The molecule has 4 atom stereocenters. The normalized spacial score (nSPS) is 40.3. The van der Waals surface area contributed by atoms with Gasteiger partial charge in [-0.15, -0.1) is 0 Å². The first-order chi connectivity index (χ1) is 7.19. The Bertz CT molecular complexity index is 186. The Morgan fingerprint density at radius 2 is 1.33 bits per heavy atom. The fraction of sp³-hybridized carbons (Fsp3) is 0.800. The van der Waals surface area contributed by atoms with Crippen molar-refractivity contribution in [1.29, 1.82) is 0 Å². The van der Waals surface area contributed by atoms with Crippen LogP contribution in [0.15, 0.2) is 12.2 Å². The van der Waals surface area contributed by atoms with Crippen molar-refractivity contribution in [3.8, 4) is 0 Å². The Balaban J connectivity index is 2.70. The van der Waals surface area contributed by atoms with Gasteiger partial charge in [0.25, 0.3) is 0 Å². The second kappa shape index (κ2) is 6.19. The molecular formula is C10H18O5. The molecule has 4 N–H and O–H groups in total. The molecule has 0 aromatic heterocycles. The van der Waals surface area contributed by atoms with Gasteiger partial charge in [0, 0.05) is 0 Å². The molecule has 5 nitrogen and oxygen atoms in total. The first-order valence-electron chi connectivity index (χ1n) is 5.07. The van der Waals surface area contributed by atoms with Gasteiger partial charge in [0.05, 0.1) is 25.4 Å². The summed E-state index contributed by atoms with van der Waals surface area (Å²) in [5, 5.41) is 37.2. The van der Waals surface area contributed by atoms with Gasteiger partial charge in [0.15, 0.2) is 0 Å². The fourth-order valence-corrected chi connectivity index (χ4v) is 1.51. The van der Waals surface area contributed by atoms with Crippen LogP contribution < -0.4 is 0 Å². The summed E-state index contributed by atoms with van der Waals surface area (Å²) in [6, 6.07) is 0. The van der Waals surface area contributed by atoms with Crippen molar-refractivity contribution in [2.45, 2.75) is 37.3 Å². The lowest BCUT2D eigenvalue weighted by molar-refractivity contribution is -0.140. The topological polar surface area (TPSA) is 90.2 Å². The third-order valence-electron chi connectivity index (χ3n) is 2.49. The lowest BCUT2D eigenvalue weighted by Gasteiger charge is -2.27. The third kappa shape index (κ3) is 3.55. The maximum Gasteiger partial charge on any atom is 0.107 e. The lowest BCUT2D eigenvalue weighted by Crippen LogP contribution is -2.41. The van der Waals surface area contributed by atoms with Gasteiger partial charge in [-0.1, -0.05) is 12.2 Å². The molecule has 0 spiro atoms. The van der Waals surface area contributed by atoms with E-state index in [2.05, 4.69) is 0 Å². The minimum atomic E-state index is -0.814. The van der Waals surface area contributed by atoms with Crippen LogP contribution in [0.1, 0.15) is 12.8 Å². The molecular weight excluding hydrogens is 200 g/mol. The Labute approximate surface area is 88.6 Å². The van der Waals surface area contributed by atoms with E-state index >= 15 is 0 Å². The highest BCUT2D eigenvalue weighted by molar-refractivity contribution is 4.92. The molecule has 0 saturated heterocycles. The average molecular weight is 218 g/mol. The molecule has 0 amide bonds. The molecule has 0 saturated carbocycles. The van der Waals surface area contributed by atoms with Crippen LogP contribution in [0.5, 0.6) is 0 Å². The Hall–Kier alpha value is -0.460. The van der Waals surface area contributed by atoms with Gasteiger partial charge in [0.1, 0.15) is 12.2 Å². The van der Waals surface area contributed by atoms with Gasteiger partial charge in [-0.25, -0.2) is 0 Å². The van der Waals surface area contributed by atoms with Gasteiger partial charge in [0.2, 0.25) is 0 Å². The van der Waals surface area contributed by atoms with Crippen molar-refractivity contribution in [1.82, 2.24) is 0 Å². The highest BCUT2D eigenvalue weighted by Gasteiger charge is 2.27. The van der Waals surface area contributed by atoms with Crippen molar-refractivity contribution in [2.75, 3.05) is 13.2 Å². The van der Waals surface area contributed by atoms with Crippen molar-refractivity contribution >= 4 is 0 Å². The SMILES string of the molecule is OC[C@H]1O[C@H](CO)[C@@H](O)C/C=C\C[C@@H]1O. The fourth-order valence-electron chi connectivity index (χ4n) is 1.51. The predicted octanol–water partition coefficient (Wildman–Crippen LogP) is -1.20. The number of ether oxygens (including phenoxy) is 1. The van der Waals surface area contributed by atoms with Crippen LogP contribution in [-0.4, -0.2) is 58.1 Å². The van der Waals surface area contributed by atoms with E-state index in [-0.39, 0.29) is 13.2 Å². The molecule has 1 rings (SSSR count). The second-order valence-corrected chi connectivity index (χ2v) is 3.66. The molecule has 0 aromatic rings. The van der Waals surface area contributed by atoms with E-state index in [0.717, 1.165) is 0 Å². The average Bonchev–Trinajstić information content (AvgIpc) is 2.30. The lowest BCUT2D eigenvalue weighted by atomic mass is 10.1. The second-order valence-electron chi connectivity index (χ2n) is 3.66. The van der Waals surface area contributed by atoms with E-state index in [1.165, 1.54) is 0 Å². The quantitative estimate of drug-likeness (QED) is 0.437. The zero-order chi connectivity index (χ0) is 11.3. The molecule has 15 heavy (non-hydrogen) atoms. The summed E-state index contributed by atoms with van der Waals surface area (Å²) in [5.41, 5.74) is 0. The largest absolute Gasteiger partial charge is 0.394 e. The van der Waals surface area contributed by atoms with Crippen LogP contribution in [0, 0.1) is 0 Å². The van der Waals surface area contributed by atoms with Crippen LogP contribution in [0.3, 0.4) is 0 Å². The van der Waals surface area contributed by atoms with Gasteiger partial charge in [-0.3, -0.25) is 0 Å². The van der Waals surface area contributed by atoms with Crippen molar-refractivity contribution in [3.05, 3.63) is 12.2 Å². The van der Waals surface area contributed by atoms with Gasteiger partial charge in [-0.2, -0.15) is 0 Å². The molecule has 0 aromatic carbocycles.